The van der Waals surface area contributed by atoms with E-state index in [1.807, 2.05) is 0 Å². The predicted molar refractivity (Wildman–Crippen MR) is 90.7 cm³/mol. The SMILES string of the molecule is COc1cc([C@@H]2C[C@H]2NC(=O)CCCn2ccc(C(=O)O)n2)ccc1F. The van der Waals surface area contributed by atoms with Crippen LogP contribution in [0.1, 0.15) is 41.2 Å². The molecule has 2 atom stereocenters. The highest BCUT2D eigenvalue weighted by atomic mass is 19.1. The van der Waals surface area contributed by atoms with Crippen LogP contribution >= 0.6 is 0 Å². The molecule has 8 heteroatoms. The van der Waals surface area contributed by atoms with Crippen molar-refractivity contribution in [2.24, 2.45) is 0 Å². The average molecular weight is 361 g/mol. The second-order valence-electron chi connectivity index (χ2n) is 6.28. The lowest BCUT2D eigenvalue weighted by molar-refractivity contribution is -0.121. The molecule has 1 aliphatic carbocycles. The number of benzene rings is 1. The fourth-order valence-corrected chi connectivity index (χ4v) is 2.91. The zero-order valence-electron chi connectivity index (χ0n) is 14.3. The molecule has 0 radical (unpaired) electrons. The Hall–Kier alpha value is -2.90. The van der Waals surface area contributed by atoms with Gasteiger partial charge < -0.3 is 15.2 Å². The number of aryl methyl sites for hydroxylation is 1. The molecule has 0 spiro atoms. The van der Waals surface area contributed by atoms with Crippen LogP contribution in [0.25, 0.3) is 0 Å². The van der Waals surface area contributed by atoms with Crippen LogP contribution in [-0.4, -0.2) is 39.9 Å². The maximum atomic E-state index is 13.5. The summed E-state index contributed by atoms with van der Waals surface area (Å²) in [7, 11) is 1.42. The van der Waals surface area contributed by atoms with Gasteiger partial charge in [0.05, 0.1) is 7.11 Å². The van der Waals surface area contributed by atoms with Crippen molar-refractivity contribution in [2.75, 3.05) is 7.11 Å². The number of amides is 1. The third-order valence-electron chi connectivity index (χ3n) is 4.39. The highest BCUT2D eigenvalue weighted by Gasteiger charge is 2.39. The van der Waals surface area contributed by atoms with Gasteiger partial charge >= 0.3 is 5.97 Å². The van der Waals surface area contributed by atoms with Gasteiger partial charge in [-0.1, -0.05) is 6.07 Å². The van der Waals surface area contributed by atoms with Crippen molar-refractivity contribution in [3.63, 3.8) is 0 Å². The number of carbonyl (C=O) groups excluding carboxylic acids is 1. The van der Waals surface area contributed by atoms with Gasteiger partial charge in [-0.3, -0.25) is 9.48 Å². The zero-order valence-corrected chi connectivity index (χ0v) is 14.3. The summed E-state index contributed by atoms with van der Waals surface area (Å²) in [4.78, 5) is 22.8. The molecule has 1 heterocycles. The number of hydrogen-bond acceptors (Lipinski definition) is 4. The summed E-state index contributed by atoms with van der Waals surface area (Å²) >= 11 is 0. The van der Waals surface area contributed by atoms with Crippen molar-refractivity contribution in [1.82, 2.24) is 15.1 Å². The van der Waals surface area contributed by atoms with E-state index in [9.17, 15) is 14.0 Å². The van der Waals surface area contributed by atoms with Crippen LogP contribution in [0.2, 0.25) is 0 Å². The van der Waals surface area contributed by atoms with E-state index in [-0.39, 0.29) is 29.3 Å². The molecule has 7 nitrogen and oxygen atoms in total. The number of hydrogen-bond donors (Lipinski definition) is 2. The summed E-state index contributed by atoms with van der Waals surface area (Å²) in [6, 6.07) is 6.24. The number of carbonyl (C=O) groups is 2. The molecule has 1 amide bonds. The number of nitrogens with one attached hydrogen (secondary N) is 1. The maximum Gasteiger partial charge on any atom is 0.356 e. The Morgan fingerprint density at radius 2 is 2.23 bits per heavy atom. The average Bonchev–Trinajstić information content (AvgIpc) is 3.19. The van der Waals surface area contributed by atoms with Crippen LogP contribution in [0.5, 0.6) is 5.75 Å². The monoisotopic (exact) mass is 361 g/mol. The molecule has 2 aromatic rings. The molecular formula is C18H20FN3O4. The standard InChI is InChI=1S/C18H20FN3O4/c1-26-16-9-11(4-5-13(16)19)12-10-15(12)20-17(23)3-2-7-22-8-6-14(21-22)18(24)25/h4-6,8-9,12,15H,2-3,7,10H2,1H3,(H,20,23)(H,24,25)/t12-,15+/m0/s1. The van der Waals surface area contributed by atoms with Gasteiger partial charge in [-0.25, -0.2) is 9.18 Å². The van der Waals surface area contributed by atoms with Crippen LogP contribution in [0.3, 0.4) is 0 Å². The first-order valence-corrected chi connectivity index (χ1v) is 8.37. The van der Waals surface area contributed by atoms with Gasteiger partial charge in [-0.2, -0.15) is 5.10 Å². The quantitative estimate of drug-likeness (QED) is 0.752. The fourth-order valence-electron chi connectivity index (χ4n) is 2.91. The fraction of sp³-hybridized carbons (Fsp3) is 0.389. The number of rotatable bonds is 8. The summed E-state index contributed by atoms with van der Waals surface area (Å²) in [5, 5.41) is 15.7. The molecule has 0 bridgehead atoms. The maximum absolute atomic E-state index is 13.5. The number of carboxylic acids is 1. The van der Waals surface area contributed by atoms with E-state index in [1.165, 1.54) is 23.9 Å². The minimum atomic E-state index is -1.07. The molecule has 0 unspecified atom stereocenters. The second kappa shape index (κ2) is 7.55. The number of halogens is 1. The van der Waals surface area contributed by atoms with Gasteiger partial charge in [0, 0.05) is 31.1 Å². The van der Waals surface area contributed by atoms with Crippen LogP contribution in [0.15, 0.2) is 30.5 Å². The van der Waals surface area contributed by atoms with Crippen molar-refractivity contribution < 1.29 is 23.8 Å². The molecule has 2 N–H and O–H groups in total. The van der Waals surface area contributed by atoms with E-state index >= 15 is 0 Å². The van der Waals surface area contributed by atoms with E-state index in [2.05, 4.69) is 10.4 Å². The van der Waals surface area contributed by atoms with Crippen molar-refractivity contribution in [3.8, 4) is 5.75 Å². The first kappa shape index (κ1) is 17.9. The molecule has 1 saturated carbocycles. The number of nitrogens with zero attached hydrogens (tertiary/aromatic N) is 2. The van der Waals surface area contributed by atoms with Crippen LogP contribution in [-0.2, 0) is 11.3 Å². The Kier molecular flexibility index (Phi) is 5.20. The van der Waals surface area contributed by atoms with Crippen LogP contribution in [0.4, 0.5) is 4.39 Å². The second-order valence-corrected chi connectivity index (χ2v) is 6.28. The number of aromatic nitrogens is 2. The smallest absolute Gasteiger partial charge is 0.356 e. The topological polar surface area (TPSA) is 93.5 Å². The predicted octanol–water partition coefficient (Wildman–Crippen LogP) is 2.18. The van der Waals surface area contributed by atoms with Crippen molar-refractivity contribution in [2.45, 2.75) is 37.8 Å². The number of aromatic carboxylic acids is 1. The Bertz CT molecular complexity index is 821. The summed E-state index contributed by atoms with van der Waals surface area (Å²) in [6.07, 6.45) is 3.30. The lowest BCUT2D eigenvalue weighted by Crippen LogP contribution is -2.26. The Balaban J connectivity index is 1.42. The van der Waals surface area contributed by atoms with Crippen LogP contribution < -0.4 is 10.1 Å². The Labute approximate surface area is 149 Å². The van der Waals surface area contributed by atoms with Gasteiger partial charge in [0.1, 0.15) is 0 Å². The first-order chi connectivity index (χ1) is 12.5. The zero-order chi connectivity index (χ0) is 18.7. The van der Waals surface area contributed by atoms with Crippen LogP contribution in [0, 0.1) is 5.82 Å². The molecule has 1 aliphatic rings. The summed E-state index contributed by atoms with van der Waals surface area (Å²) in [5.41, 5.74) is 0.941. The Morgan fingerprint density at radius 1 is 1.42 bits per heavy atom. The largest absolute Gasteiger partial charge is 0.494 e. The first-order valence-electron chi connectivity index (χ1n) is 8.37. The van der Waals surface area contributed by atoms with E-state index in [0.29, 0.717) is 19.4 Å². The van der Waals surface area contributed by atoms with E-state index in [1.54, 1.807) is 18.3 Å². The molecule has 1 fully saturated rings. The molecule has 1 aromatic carbocycles. The summed E-state index contributed by atoms with van der Waals surface area (Å²) in [6.45, 7) is 0.476. The summed E-state index contributed by atoms with van der Waals surface area (Å²) < 4.78 is 20.0. The van der Waals surface area contributed by atoms with Gasteiger partial charge in [-0.05, 0) is 36.6 Å². The lowest BCUT2D eigenvalue weighted by atomic mass is 10.1. The molecular weight excluding hydrogens is 341 g/mol. The normalized spacial score (nSPS) is 18.4. The van der Waals surface area contributed by atoms with Crippen molar-refractivity contribution in [1.29, 1.82) is 0 Å². The van der Waals surface area contributed by atoms with Crippen molar-refractivity contribution in [3.05, 3.63) is 47.5 Å². The highest BCUT2D eigenvalue weighted by molar-refractivity contribution is 5.85. The molecule has 26 heavy (non-hydrogen) atoms. The minimum absolute atomic E-state index is 0.00926. The highest BCUT2D eigenvalue weighted by Crippen LogP contribution is 2.42. The van der Waals surface area contributed by atoms with E-state index < -0.39 is 11.8 Å². The third-order valence-corrected chi connectivity index (χ3v) is 4.39. The van der Waals surface area contributed by atoms with Gasteiger partial charge in [-0.15, -0.1) is 0 Å². The van der Waals surface area contributed by atoms with E-state index in [4.69, 9.17) is 9.84 Å². The van der Waals surface area contributed by atoms with Gasteiger partial charge in [0.25, 0.3) is 0 Å². The lowest BCUT2D eigenvalue weighted by Gasteiger charge is -2.07. The number of ether oxygens (including phenoxy) is 1. The molecule has 3 rings (SSSR count). The third kappa shape index (κ3) is 4.19. The number of methoxy groups -OCH3 is 1. The number of carboxylic acid groups (broad SMARTS) is 1. The Morgan fingerprint density at radius 3 is 2.92 bits per heavy atom. The minimum Gasteiger partial charge on any atom is -0.494 e. The molecule has 0 saturated heterocycles. The van der Waals surface area contributed by atoms with Gasteiger partial charge in [0.15, 0.2) is 17.3 Å². The summed E-state index contributed by atoms with van der Waals surface area (Å²) in [5.74, 6) is -1.14. The van der Waals surface area contributed by atoms with E-state index in [0.717, 1.165) is 12.0 Å². The molecule has 1 aromatic heterocycles. The molecule has 0 aliphatic heterocycles. The van der Waals surface area contributed by atoms with Crippen molar-refractivity contribution >= 4 is 11.9 Å². The molecule has 138 valence electrons. The van der Waals surface area contributed by atoms with Gasteiger partial charge in [0.2, 0.25) is 5.91 Å².